The molecule has 0 fully saturated rings. The maximum atomic E-state index is 12.6. The highest BCUT2D eigenvalue weighted by Gasteiger charge is 2.29. The number of hydrogen-bond donors (Lipinski definition) is 1. The smallest absolute Gasteiger partial charge is 0.207 e. The van der Waals surface area contributed by atoms with Crippen LogP contribution in [0.15, 0.2) is 47.4 Å². The van der Waals surface area contributed by atoms with E-state index >= 15 is 0 Å². The Kier molecular flexibility index (Phi) is 3.97. The Morgan fingerprint density at radius 3 is 2.38 bits per heavy atom. The molecule has 2 aromatic carbocycles. The maximum absolute atomic E-state index is 12.6. The van der Waals surface area contributed by atoms with Gasteiger partial charge in [0.05, 0.1) is 10.0 Å². The SMILES string of the molecule is O=S(=O)(N[C@H]1CCc2ccccc21)c1c(Cl)cccc1Cl. The second kappa shape index (κ2) is 5.61. The monoisotopic (exact) mass is 341 g/mol. The van der Waals surface area contributed by atoms with Crippen LogP contribution in [0.2, 0.25) is 10.0 Å². The molecule has 0 bridgehead atoms. The molecule has 6 heteroatoms. The van der Waals surface area contributed by atoms with Crippen LogP contribution in [0.25, 0.3) is 0 Å². The van der Waals surface area contributed by atoms with Crippen molar-refractivity contribution in [3.63, 3.8) is 0 Å². The van der Waals surface area contributed by atoms with Crippen molar-refractivity contribution >= 4 is 33.2 Å². The fourth-order valence-electron chi connectivity index (χ4n) is 2.67. The fourth-order valence-corrected chi connectivity index (χ4v) is 5.06. The van der Waals surface area contributed by atoms with Gasteiger partial charge in [0.1, 0.15) is 4.90 Å². The Hall–Kier alpha value is -1.07. The van der Waals surface area contributed by atoms with E-state index in [1.807, 2.05) is 24.3 Å². The van der Waals surface area contributed by atoms with Crippen molar-refractivity contribution in [1.82, 2.24) is 4.72 Å². The summed E-state index contributed by atoms with van der Waals surface area (Å²) in [7, 11) is -3.76. The summed E-state index contributed by atoms with van der Waals surface area (Å²) >= 11 is 12.0. The zero-order chi connectivity index (χ0) is 15.0. The molecule has 0 amide bonds. The molecule has 0 aromatic heterocycles. The summed E-state index contributed by atoms with van der Waals surface area (Å²) in [5.74, 6) is 0. The van der Waals surface area contributed by atoms with Gasteiger partial charge in [-0.15, -0.1) is 0 Å². The van der Waals surface area contributed by atoms with E-state index in [2.05, 4.69) is 4.72 Å². The maximum Gasteiger partial charge on any atom is 0.244 e. The van der Waals surface area contributed by atoms with Gasteiger partial charge in [0.15, 0.2) is 0 Å². The number of hydrogen-bond acceptors (Lipinski definition) is 2. The van der Waals surface area contributed by atoms with Crippen molar-refractivity contribution in [3.8, 4) is 0 Å². The Morgan fingerprint density at radius 1 is 1.00 bits per heavy atom. The van der Waals surface area contributed by atoms with E-state index in [0.717, 1.165) is 18.4 Å². The summed E-state index contributed by atoms with van der Waals surface area (Å²) in [6.07, 6.45) is 1.60. The van der Waals surface area contributed by atoms with Crippen LogP contribution < -0.4 is 4.72 Å². The van der Waals surface area contributed by atoms with Crippen LogP contribution in [0.3, 0.4) is 0 Å². The van der Waals surface area contributed by atoms with Gasteiger partial charge >= 0.3 is 0 Å². The third-order valence-electron chi connectivity index (χ3n) is 3.62. The summed E-state index contributed by atoms with van der Waals surface area (Å²) in [6, 6.07) is 12.3. The van der Waals surface area contributed by atoms with Crippen molar-refractivity contribution in [2.75, 3.05) is 0 Å². The molecule has 0 aliphatic heterocycles. The average molecular weight is 342 g/mol. The second-order valence-electron chi connectivity index (χ2n) is 4.96. The first-order valence-electron chi connectivity index (χ1n) is 6.53. The molecule has 0 spiro atoms. The molecule has 1 aliphatic rings. The van der Waals surface area contributed by atoms with Crippen molar-refractivity contribution in [2.45, 2.75) is 23.8 Å². The van der Waals surface area contributed by atoms with Crippen molar-refractivity contribution in [1.29, 1.82) is 0 Å². The molecule has 1 N–H and O–H groups in total. The first kappa shape index (κ1) is 14.9. The Balaban J connectivity index is 1.95. The number of aryl methyl sites for hydroxylation is 1. The minimum Gasteiger partial charge on any atom is -0.207 e. The summed E-state index contributed by atoms with van der Waals surface area (Å²) in [4.78, 5) is -0.0577. The largest absolute Gasteiger partial charge is 0.244 e. The van der Waals surface area contributed by atoms with Gasteiger partial charge in [-0.1, -0.05) is 53.5 Å². The number of sulfonamides is 1. The third kappa shape index (κ3) is 2.81. The van der Waals surface area contributed by atoms with E-state index < -0.39 is 10.0 Å². The van der Waals surface area contributed by atoms with Crippen molar-refractivity contribution < 1.29 is 8.42 Å². The first-order valence-corrected chi connectivity index (χ1v) is 8.77. The van der Waals surface area contributed by atoms with Crippen LogP contribution in [-0.4, -0.2) is 8.42 Å². The van der Waals surface area contributed by atoms with E-state index in [1.54, 1.807) is 6.07 Å². The molecule has 1 aliphatic carbocycles. The van der Waals surface area contributed by atoms with Crippen LogP contribution in [0.4, 0.5) is 0 Å². The van der Waals surface area contributed by atoms with Crippen LogP contribution >= 0.6 is 23.2 Å². The van der Waals surface area contributed by atoms with Crippen molar-refractivity contribution in [3.05, 3.63) is 63.6 Å². The molecule has 0 unspecified atom stereocenters. The lowest BCUT2D eigenvalue weighted by atomic mass is 10.1. The molecular weight excluding hydrogens is 329 g/mol. The fraction of sp³-hybridized carbons (Fsp3) is 0.200. The normalized spacial score (nSPS) is 17.7. The van der Waals surface area contributed by atoms with Gasteiger partial charge < -0.3 is 0 Å². The van der Waals surface area contributed by atoms with Gasteiger partial charge in [-0.2, -0.15) is 0 Å². The van der Waals surface area contributed by atoms with Crippen LogP contribution in [0.1, 0.15) is 23.6 Å². The number of fused-ring (bicyclic) bond motifs is 1. The molecule has 3 rings (SSSR count). The summed E-state index contributed by atoms with van der Waals surface area (Å²) < 4.78 is 27.8. The lowest BCUT2D eigenvalue weighted by Crippen LogP contribution is -2.27. The molecule has 1 atom stereocenters. The average Bonchev–Trinajstić information content (AvgIpc) is 2.81. The molecule has 0 heterocycles. The van der Waals surface area contributed by atoms with Crippen LogP contribution in [0, 0.1) is 0 Å². The van der Waals surface area contributed by atoms with Gasteiger partial charge in [-0.3, -0.25) is 0 Å². The highest BCUT2D eigenvalue weighted by atomic mass is 35.5. The predicted molar refractivity (Wildman–Crippen MR) is 84.3 cm³/mol. The van der Waals surface area contributed by atoms with Gasteiger partial charge in [0, 0.05) is 6.04 Å². The highest BCUT2D eigenvalue weighted by Crippen LogP contribution is 2.34. The van der Waals surface area contributed by atoms with Gasteiger partial charge in [0.25, 0.3) is 0 Å². The molecular formula is C15H13Cl2NO2S. The van der Waals surface area contributed by atoms with E-state index in [4.69, 9.17) is 23.2 Å². The van der Waals surface area contributed by atoms with Crippen LogP contribution in [-0.2, 0) is 16.4 Å². The molecule has 0 saturated carbocycles. The molecule has 0 saturated heterocycles. The van der Waals surface area contributed by atoms with E-state index in [1.165, 1.54) is 17.7 Å². The zero-order valence-electron chi connectivity index (χ0n) is 11.0. The Bertz CT molecular complexity index is 770. The minimum atomic E-state index is -3.76. The molecule has 2 aromatic rings. The van der Waals surface area contributed by atoms with E-state index in [-0.39, 0.29) is 21.0 Å². The van der Waals surface area contributed by atoms with E-state index in [0.29, 0.717) is 0 Å². The summed E-state index contributed by atoms with van der Waals surface area (Å²) in [6.45, 7) is 0. The highest BCUT2D eigenvalue weighted by molar-refractivity contribution is 7.89. The molecule has 21 heavy (non-hydrogen) atoms. The van der Waals surface area contributed by atoms with E-state index in [9.17, 15) is 8.42 Å². The zero-order valence-corrected chi connectivity index (χ0v) is 13.3. The molecule has 110 valence electrons. The minimum absolute atomic E-state index is 0.0577. The lowest BCUT2D eigenvalue weighted by molar-refractivity contribution is 0.554. The molecule has 0 radical (unpaired) electrons. The summed E-state index contributed by atoms with van der Waals surface area (Å²) in [5.41, 5.74) is 2.19. The first-order chi connectivity index (χ1) is 9.99. The third-order valence-corrected chi connectivity index (χ3v) is 6.04. The predicted octanol–water partition coefficient (Wildman–Crippen LogP) is 3.96. The van der Waals surface area contributed by atoms with Gasteiger partial charge in [0.2, 0.25) is 10.0 Å². The second-order valence-corrected chi connectivity index (χ2v) is 7.43. The number of halogens is 2. The number of benzene rings is 2. The Labute approximate surface area is 133 Å². The van der Waals surface area contributed by atoms with Crippen LogP contribution in [0.5, 0.6) is 0 Å². The topological polar surface area (TPSA) is 46.2 Å². The Morgan fingerprint density at radius 2 is 1.67 bits per heavy atom. The standard InChI is InChI=1S/C15H13Cl2NO2S/c16-12-6-3-7-13(17)15(12)21(19,20)18-14-9-8-10-4-1-2-5-11(10)14/h1-7,14,18H,8-9H2/t14-/m0/s1. The summed E-state index contributed by atoms with van der Waals surface area (Å²) in [5, 5.41) is 0.252. The lowest BCUT2D eigenvalue weighted by Gasteiger charge is -2.16. The quantitative estimate of drug-likeness (QED) is 0.918. The van der Waals surface area contributed by atoms with Gasteiger partial charge in [-0.05, 0) is 36.1 Å². The van der Waals surface area contributed by atoms with Gasteiger partial charge in [-0.25, -0.2) is 13.1 Å². The number of rotatable bonds is 3. The van der Waals surface area contributed by atoms with Crippen molar-refractivity contribution in [2.24, 2.45) is 0 Å². The number of nitrogens with one attached hydrogen (secondary N) is 1. The molecule has 3 nitrogen and oxygen atoms in total.